The number of amides is 1. The van der Waals surface area contributed by atoms with Crippen molar-refractivity contribution in [3.05, 3.63) is 22.5 Å². The van der Waals surface area contributed by atoms with E-state index in [1.54, 1.807) is 12.1 Å². The van der Waals surface area contributed by atoms with E-state index in [0.29, 0.717) is 6.54 Å². The standard InChI is InChI=1S/C21H32N4O3/c26-18-10-2-1-9-17(18)25-20(27)12-11-19(23-25)24-13-4-3-8-16(24)14-22-21(28)15-6-5-7-15/h11-12,15-18,26H,1-10,13-14H2,(H,22,28). The van der Waals surface area contributed by atoms with Crippen LogP contribution in [-0.4, -0.2) is 46.0 Å². The van der Waals surface area contributed by atoms with E-state index in [1.807, 2.05) is 0 Å². The Morgan fingerprint density at radius 1 is 1.07 bits per heavy atom. The molecule has 0 aromatic carbocycles. The van der Waals surface area contributed by atoms with Gasteiger partial charge in [0.25, 0.3) is 5.56 Å². The van der Waals surface area contributed by atoms with Gasteiger partial charge in [-0.25, -0.2) is 4.68 Å². The van der Waals surface area contributed by atoms with E-state index in [4.69, 9.17) is 0 Å². The third-order valence-electron chi connectivity index (χ3n) is 6.73. The van der Waals surface area contributed by atoms with Crippen LogP contribution in [0.15, 0.2) is 16.9 Å². The lowest BCUT2D eigenvalue weighted by atomic mass is 9.85. The molecule has 3 aliphatic rings. The number of carbonyl (C=O) groups is 1. The second-order valence-electron chi connectivity index (χ2n) is 8.61. The monoisotopic (exact) mass is 388 g/mol. The molecule has 1 amide bonds. The third-order valence-corrected chi connectivity index (χ3v) is 6.73. The highest BCUT2D eigenvalue weighted by Gasteiger charge is 2.30. The fourth-order valence-corrected chi connectivity index (χ4v) is 4.73. The fourth-order valence-electron chi connectivity index (χ4n) is 4.73. The molecule has 2 aliphatic carbocycles. The van der Waals surface area contributed by atoms with Gasteiger partial charge in [0.2, 0.25) is 5.91 Å². The Morgan fingerprint density at radius 2 is 1.86 bits per heavy atom. The summed E-state index contributed by atoms with van der Waals surface area (Å²) < 4.78 is 1.50. The van der Waals surface area contributed by atoms with E-state index in [9.17, 15) is 14.7 Å². The van der Waals surface area contributed by atoms with E-state index < -0.39 is 6.10 Å². The number of carbonyl (C=O) groups excluding carboxylic acids is 1. The Kier molecular flexibility index (Phi) is 5.99. The molecule has 7 nitrogen and oxygen atoms in total. The topological polar surface area (TPSA) is 87.5 Å². The maximum Gasteiger partial charge on any atom is 0.267 e. The maximum absolute atomic E-state index is 12.4. The summed E-state index contributed by atoms with van der Waals surface area (Å²) in [6.07, 6.45) is 9.44. The summed E-state index contributed by atoms with van der Waals surface area (Å²) in [5, 5.41) is 18.2. The number of nitrogens with one attached hydrogen (secondary N) is 1. The molecule has 1 aliphatic heterocycles. The Balaban J connectivity index is 1.49. The molecule has 2 saturated carbocycles. The van der Waals surface area contributed by atoms with Gasteiger partial charge in [-0.1, -0.05) is 19.3 Å². The zero-order chi connectivity index (χ0) is 19.5. The second kappa shape index (κ2) is 8.64. The molecule has 7 heteroatoms. The summed E-state index contributed by atoms with van der Waals surface area (Å²) in [5.74, 6) is 1.16. The molecular formula is C21H32N4O3. The van der Waals surface area contributed by atoms with Crippen molar-refractivity contribution < 1.29 is 9.90 Å². The van der Waals surface area contributed by atoms with Gasteiger partial charge < -0.3 is 15.3 Å². The Morgan fingerprint density at radius 3 is 2.61 bits per heavy atom. The molecule has 0 radical (unpaired) electrons. The highest BCUT2D eigenvalue weighted by Crippen LogP contribution is 2.29. The number of rotatable bonds is 5. The van der Waals surface area contributed by atoms with Crippen LogP contribution in [0.2, 0.25) is 0 Å². The zero-order valence-electron chi connectivity index (χ0n) is 16.6. The minimum Gasteiger partial charge on any atom is -0.391 e. The van der Waals surface area contributed by atoms with Crippen molar-refractivity contribution in [1.82, 2.24) is 15.1 Å². The van der Waals surface area contributed by atoms with Crippen LogP contribution in [0.5, 0.6) is 0 Å². The van der Waals surface area contributed by atoms with Crippen LogP contribution >= 0.6 is 0 Å². The average molecular weight is 389 g/mol. The van der Waals surface area contributed by atoms with Crippen LogP contribution < -0.4 is 15.8 Å². The molecule has 2 N–H and O–H groups in total. The molecule has 1 aromatic heterocycles. The van der Waals surface area contributed by atoms with Crippen molar-refractivity contribution in [2.75, 3.05) is 18.0 Å². The number of hydrogen-bond acceptors (Lipinski definition) is 5. The van der Waals surface area contributed by atoms with Gasteiger partial charge in [0.15, 0.2) is 0 Å². The number of aromatic nitrogens is 2. The number of anilines is 1. The lowest BCUT2D eigenvalue weighted by molar-refractivity contribution is -0.127. The van der Waals surface area contributed by atoms with Gasteiger partial charge in [-0.3, -0.25) is 9.59 Å². The first-order valence-electron chi connectivity index (χ1n) is 11.0. The van der Waals surface area contributed by atoms with E-state index in [0.717, 1.165) is 76.6 Å². The number of aliphatic hydroxyl groups is 1. The first kappa shape index (κ1) is 19.4. The van der Waals surface area contributed by atoms with Gasteiger partial charge in [-0.15, -0.1) is 0 Å². The van der Waals surface area contributed by atoms with Crippen LogP contribution in [0, 0.1) is 5.92 Å². The Hall–Kier alpha value is -1.89. The molecule has 28 heavy (non-hydrogen) atoms. The normalized spacial score (nSPS) is 28.6. The molecular weight excluding hydrogens is 356 g/mol. The van der Waals surface area contributed by atoms with Crippen molar-refractivity contribution in [3.8, 4) is 0 Å². The summed E-state index contributed by atoms with van der Waals surface area (Å²) in [6, 6.07) is 3.33. The first-order chi connectivity index (χ1) is 13.6. The smallest absolute Gasteiger partial charge is 0.267 e. The molecule has 154 valence electrons. The van der Waals surface area contributed by atoms with Crippen LogP contribution in [0.3, 0.4) is 0 Å². The van der Waals surface area contributed by atoms with Crippen LogP contribution in [0.1, 0.15) is 70.3 Å². The Bertz CT molecular complexity index is 745. The number of hydrogen-bond donors (Lipinski definition) is 2. The van der Waals surface area contributed by atoms with Crippen molar-refractivity contribution in [3.63, 3.8) is 0 Å². The molecule has 3 unspecified atom stereocenters. The van der Waals surface area contributed by atoms with Crippen molar-refractivity contribution in [2.24, 2.45) is 5.92 Å². The summed E-state index contributed by atoms with van der Waals surface area (Å²) in [4.78, 5) is 26.9. The molecule has 1 saturated heterocycles. The highest BCUT2D eigenvalue weighted by atomic mass is 16.3. The van der Waals surface area contributed by atoms with Crippen LogP contribution in [-0.2, 0) is 4.79 Å². The zero-order valence-corrected chi connectivity index (χ0v) is 16.6. The molecule has 0 spiro atoms. The minimum absolute atomic E-state index is 0.151. The molecule has 3 atom stereocenters. The summed E-state index contributed by atoms with van der Waals surface area (Å²) in [7, 11) is 0. The number of aliphatic hydroxyl groups excluding tert-OH is 1. The van der Waals surface area contributed by atoms with E-state index in [2.05, 4.69) is 15.3 Å². The quantitative estimate of drug-likeness (QED) is 0.806. The van der Waals surface area contributed by atoms with Crippen molar-refractivity contribution in [1.29, 1.82) is 0 Å². The van der Waals surface area contributed by atoms with Crippen LogP contribution in [0.25, 0.3) is 0 Å². The SMILES string of the molecule is O=C(NCC1CCCCN1c1ccc(=O)n(C2CCCCC2O)n1)C1CCC1. The van der Waals surface area contributed by atoms with Crippen molar-refractivity contribution >= 4 is 11.7 Å². The number of piperidine rings is 1. The lowest BCUT2D eigenvalue weighted by Gasteiger charge is -2.38. The molecule has 0 bridgehead atoms. The van der Waals surface area contributed by atoms with Gasteiger partial charge >= 0.3 is 0 Å². The van der Waals surface area contributed by atoms with Crippen LogP contribution in [0.4, 0.5) is 5.82 Å². The minimum atomic E-state index is -0.506. The van der Waals surface area contributed by atoms with Gasteiger partial charge in [0.05, 0.1) is 12.1 Å². The first-order valence-corrected chi connectivity index (χ1v) is 11.0. The van der Waals surface area contributed by atoms with Crippen molar-refractivity contribution in [2.45, 2.75) is 82.4 Å². The van der Waals surface area contributed by atoms with Gasteiger partial charge in [0, 0.05) is 31.1 Å². The third kappa shape index (κ3) is 4.09. The van der Waals surface area contributed by atoms with E-state index in [1.165, 1.54) is 4.68 Å². The van der Waals surface area contributed by atoms with E-state index >= 15 is 0 Å². The highest BCUT2D eigenvalue weighted by molar-refractivity contribution is 5.79. The Labute approximate surface area is 166 Å². The predicted octanol–water partition coefficient (Wildman–Crippen LogP) is 1.99. The number of nitrogens with zero attached hydrogens (tertiary/aromatic N) is 3. The average Bonchev–Trinajstić information content (AvgIpc) is 2.66. The lowest BCUT2D eigenvalue weighted by Crippen LogP contribution is -2.49. The molecule has 1 aromatic rings. The van der Waals surface area contributed by atoms with Gasteiger partial charge in [0.1, 0.15) is 5.82 Å². The van der Waals surface area contributed by atoms with Gasteiger partial charge in [-0.05, 0) is 51.0 Å². The fraction of sp³-hybridized carbons (Fsp3) is 0.762. The molecule has 3 fully saturated rings. The molecule has 4 rings (SSSR count). The maximum atomic E-state index is 12.4. The summed E-state index contributed by atoms with van der Waals surface area (Å²) >= 11 is 0. The summed E-state index contributed by atoms with van der Waals surface area (Å²) in [6.45, 7) is 1.50. The second-order valence-corrected chi connectivity index (χ2v) is 8.61. The predicted molar refractivity (Wildman–Crippen MR) is 107 cm³/mol. The largest absolute Gasteiger partial charge is 0.391 e. The van der Waals surface area contributed by atoms with Gasteiger partial charge in [-0.2, -0.15) is 5.10 Å². The van der Waals surface area contributed by atoms with E-state index in [-0.39, 0.29) is 29.5 Å². The molecule has 2 heterocycles. The summed E-state index contributed by atoms with van der Waals surface area (Å²) in [5.41, 5.74) is -0.151.